The third-order valence-electron chi connectivity index (χ3n) is 11.2. The first-order valence-corrected chi connectivity index (χ1v) is 23.0. The zero-order valence-corrected chi connectivity index (χ0v) is 41.2. The van der Waals surface area contributed by atoms with E-state index >= 15 is 0 Å². The average molecular weight is 962 g/mol. The smallest absolute Gasteiger partial charge is 0.410 e. The SMILES string of the molecule is C=Nc1cc(C=O)cc(OC)c1N(C/C=C/Cn1c(NC(=O)c2cc(C)nn2CC)nc2cc(C(N)=O)cc(OC/C=C/CN3CCN(C(=O)OC(C)(C)C)CC3)c21)CNC(=O)c1cc(C)nn1CC. The highest BCUT2D eigenvalue weighted by molar-refractivity contribution is 6.04. The van der Waals surface area contributed by atoms with Gasteiger partial charge >= 0.3 is 6.09 Å². The van der Waals surface area contributed by atoms with E-state index in [-0.39, 0.29) is 49.9 Å². The Morgan fingerprint density at radius 1 is 0.871 bits per heavy atom. The molecule has 1 aliphatic rings. The molecule has 0 saturated carbocycles. The van der Waals surface area contributed by atoms with Crippen molar-refractivity contribution in [2.24, 2.45) is 10.7 Å². The van der Waals surface area contributed by atoms with Gasteiger partial charge in [0.15, 0.2) is 0 Å². The van der Waals surface area contributed by atoms with E-state index in [1.165, 1.54) is 7.11 Å². The van der Waals surface area contributed by atoms with Crippen LogP contribution in [-0.4, -0.2) is 141 Å². The average Bonchev–Trinajstić information content (AvgIpc) is 4.03. The molecule has 1 aliphatic heterocycles. The number of anilines is 2. The fraction of sp³-hybridized carbons (Fsp3) is 0.408. The first-order valence-electron chi connectivity index (χ1n) is 23.0. The minimum Gasteiger partial charge on any atom is -0.494 e. The third-order valence-corrected chi connectivity index (χ3v) is 11.2. The number of aliphatic imine (C=N–C) groups is 1. The van der Waals surface area contributed by atoms with Crippen LogP contribution in [0.3, 0.4) is 0 Å². The van der Waals surface area contributed by atoms with E-state index in [2.05, 4.69) is 37.4 Å². The van der Waals surface area contributed by atoms with Crippen molar-refractivity contribution >= 4 is 65.2 Å². The predicted octanol–water partition coefficient (Wildman–Crippen LogP) is 5.53. The molecule has 0 unspecified atom stereocenters. The molecule has 4 N–H and O–H groups in total. The number of hydrogen-bond acceptors (Lipinski definition) is 14. The third kappa shape index (κ3) is 12.6. The summed E-state index contributed by atoms with van der Waals surface area (Å²) in [6.45, 7) is 21.1. The van der Waals surface area contributed by atoms with Crippen LogP contribution in [0.1, 0.15) is 87.7 Å². The number of aromatic nitrogens is 6. The number of nitrogens with zero attached hydrogens (tertiary/aromatic N) is 10. The highest BCUT2D eigenvalue weighted by Gasteiger charge is 2.26. The molecule has 5 aromatic rings. The molecule has 0 aliphatic carbocycles. The minimum absolute atomic E-state index is 0.0139. The number of rotatable bonds is 21. The Labute approximate surface area is 406 Å². The lowest BCUT2D eigenvalue weighted by atomic mass is 10.1. The number of aldehydes is 1. The van der Waals surface area contributed by atoms with Crippen LogP contribution in [0.2, 0.25) is 0 Å². The summed E-state index contributed by atoms with van der Waals surface area (Å²) in [7, 11) is 1.47. The standard InChI is InChI=1S/C49H63N13O8/c1-10-61-38(24-32(3)55-61)45(65)52-31-59(42-36(51-8)26-34(30-63)27-40(42)68-9)17-12-13-18-60-43-37(53-47(60)54-46(66)39-25-33(4)56-62(39)11-2)28-35(44(50)64)29-41(43)69-23-15-14-16-57-19-21-58(22-20-57)48(67)70-49(5,6)7/h12-15,24-30H,8,10-11,16-23,31H2,1-7,9H3,(H2,50,64)(H,52,65)(H,53,54,66)/b13-12+,15-14+. The Hall–Kier alpha value is -7.81. The van der Waals surface area contributed by atoms with Crippen LogP contribution in [0.5, 0.6) is 11.5 Å². The molecule has 21 nitrogen and oxygen atoms in total. The fourth-order valence-corrected chi connectivity index (χ4v) is 7.88. The number of primary amides is 1. The van der Waals surface area contributed by atoms with Crippen molar-refractivity contribution in [1.82, 2.24) is 44.2 Å². The normalized spacial score (nSPS) is 13.2. The number of carbonyl (C=O) groups is 5. The second-order valence-corrected chi connectivity index (χ2v) is 17.5. The summed E-state index contributed by atoms with van der Waals surface area (Å²) >= 11 is 0. The number of nitrogens with one attached hydrogen (secondary N) is 2. The summed E-state index contributed by atoms with van der Waals surface area (Å²) in [5, 5.41) is 14.8. The molecule has 70 heavy (non-hydrogen) atoms. The van der Waals surface area contributed by atoms with Crippen LogP contribution < -0.4 is 30.7 Å². The first kappa shape index (κ1) is 51.6. The highest BCUT2D eigenvalue weighted by atomic mass is 16.6. The Morgan fingerprint density at radius 3 is 2.13 bits per heavy atom. The van der Waals surface area contributed by atoms with Gasteiger partial charge in [-0.15, -0.1) is 0 Å². The summed E-state index contributed by atoms with van der Waals surface area (Å²) in [5.41, 5.74) is 9.46. The van der Waals surface area contributed by atoms with Crippen molar-refractivity contribution in [3.8, 4) is 11.5 Å². The number of ether oxygens (including phenoxy) is 3. The summed E-state index contributed by atoms with van der Waals surface area (Å²) in [5.74, 6) is -0.707. The first-order chi connectivity index (χ1) is 33.5. The van der Waals surface area contributed by atoms with E-state index in [0.717, 1.165) is 0 Å². The van der Waals surface area contributed by atoms with E-state index in [9.17, 15) is 24.0 Å². The number of nitrogens with two attached hydrogens (primary N) is 1. The summed E-state index contributed by atoms with van der Waals surface area (Å²) in [6.07, 6.45) is 7.91. The van der Waals surface area contributed by atoms with Gasteiger partial charge in [0.2, 0.25) is 11.9 Å². The van der Waals surface area contributed by atoms with Gasteiger partial charge in [0.25, 0.3) is 11.8 Å². The molecular weight excluding hydrogens is 899 g/mol. The molecule has 372 valence electrons. The Kier molecular flexibility index (Phi) is 16.9. The van der Waals surface area contributed by atoms with Gasteiger partial charge in [-0.1, -0.05) is 24.3 Å². The topological polar surface area (TPSA) is 239 Å². The molecule has 0 spiro atoms. The number of aryl methyl sites for hydroxylation is 4. The van der Waals surface area contributed by atoms with E-state index in [1.54, 1.807) is 62.2 Å². The fourth-order valence-electron chi connectivity index (χ4n) is 7.88. The molecule has 4 amide bonds. The van der Waals surface area contributed by atoms with Gasteiger partial charge < -0.3 is 39.6 Å². The number of methoxy groups -OCH3 is 1. The van der Waals surface area contributed by atoms with Crippen LogP contribution in [0.15, 0.2) is 65.7 Å². The molecule has 0 bridgehead atoms. The van der Waals surface area contributed by atoms with E-state index in [0.29, 0.717) is 114 Å². The van der Waals surface area contributed by atoms with Crippen molar-refractivity contribution < 1.29 is 38.2 Å². The summed E-state index contributed by atoms with van der Waals surface area (Å²) in [4.78, 5) is 79.3. The van der Waals surface area contributed by atoms with E-state index < -0.39 is 17.4 Å². The molecule has 21 heteroatoms. The zero-order chi connectivity index (χ0) is 50.7. The van der Waals surface area contributed by atoms with Crippen molar-refractivity contribution in [3.05, 3.63) is 94.6 Å². The maximum absolute atomic E-state index is 13.9. The lowest BCUT2D eigenvalue weighted by molar-refractivity contribution is 0.0153. The zero-order valence-electron chi connectivity index (χ0n) is 41.2. The molecule has 2 aromatic carbocycles. The number of carbonyl (C=O) groups excluding carboxylic acids is 5. The van der Waals surface area contributed by atoms with Gasteiger partial charge in [-0.05, 0) is 91.6 Å². The quantitative estimate of drug-likeness (QED) is 0.0356. The van der Waals surface area contributed by atoms with Gasteiger partial charge in [0, 0.05) is 70.0 Å². The summed E-state index contributed by atoms with van der Waals surface area (Å²) < 4.78 is 22.6. The maximum Gasteiger partial charge on any atom is 0.410 e. The van der Waals surface area contributed by atoms with Crippen LogP contribution in [0.4, 0.5) is 22.1 Å². The number of imidazole rings is 1. The molecular formula is C49H63N13O8. The van der Waals surface area contributed by atoms with Crippen LogP contribution in [0.25, 0.3) is 11.0 Å². The lowest BCUT2D eigenvalue weighted by Gasteiger charge is -2.35. The minimum atomic E-state index is -0.693. The number of hydrogen-bond donors (Lipinski definition) is 3. The van der Waals surface area contributed by atoms with Gasteiger partial charge in [0.1, 0.15) is 52.6 Å². The van der Waals surface area contributed by atoms with E-state index in [4.69, 9.17) is 24.9 Å². The van der Waals surface area contributed by atoms with Crippen LogP contribution in [-0.2, 0) is 24.4 Å². The van der Waals surface area contributed by atoms with Gasteiger partial charge in [-0.25, -0.2) is 9.78 Å². The van der Waals surface area contributed by atoms with Crippen molar-refractivity contribution in [1.29, 1.82) is 0 Å². The molecule has 1 saturated heterocycles. The van der Waals surface area contributed by atoms with Gasteiger partial charge in [0.05, 0.1) is 36.4 Å². The second kappa shape index (κ2) is 23.0. The lowest BCUT2D eigenvalue weighted by Crippen LogP contribution is -2.49. The van der Waals surface area contributed by atoms with E-state index in [1.807, 2.05) is 70.7 Å². The number of piperazine rings is 1. The predicted molar refractivity (Wildman–Crippen MR) is 267 cm³/mol. The monoisotopic (exact) mass is 961 g/mol. The molecule has 6 rings (SSSR count). The number of benzene rings is 2. The largest absolute Gasteiger partial charge is 0.494 e. The number of amides is 4. The molecule has 1 fully saturated rings. The van der Waals surface area contributed by atoms with Crippen LogP contribution >= 0.6 is 0 Å². The van der Waals surface area contributed by atoms with Crippen LogP contribution in [0, 0.1) is 13.8 Å². The van der Waals surface area contributed by atoms with Crippen molar-refractivity contribution in [2.45, 2.75) is 73.7 Å². The molecule has 3 aromatic heterocycles. The Morgan fingerprint density at radius 2 is 1.53 bits per heavy atom. The Bertz CT molecular complexity index is 2790. The molecule has 4 heterocycles. The van der Waals surface area contributed by atoms with Crippen molar-refractivity contribution in [2.75, 3.05) is 69.9 Å². The van der Waals surface area contributed by atoms with Gasteiger partial charge in [-0.2, -0.15) is 10.2 Å². The molecule has 0 radical (unpaired) electrons. The number of fused-ring (bicyclic) bond motifs is 1. The second-order valence-electron chi connectivity index (χ2n) is 17.5. The van der Waals surface area contributed by atoms with Crippen molar-refractivity contribution in [3.63, 3.8) is 0 Å². The highest BCUT2D eigenvalue weighted by Crippen LogP contribution is 2.39. The summed E-state index contributed by atoms with van der Waals surface area (Å²) in [6, 6.07) is 9.65. The maximum atomic E-state index is 13.9. The Balaban J connectivity index is 1.29. The number of allylic oxidation sites excluding steroid dienone is 1. The molecule has 0 atom stereocenters. The van der Waals surface area contributed by atoms with Gasteiger partial charge in [-0.3, -0.25) is 43.8 Å².